The third kappa shape index (κ3) is 3.84. The maximum atomic E-state index is 11.1. The molecule has 0 amide bonds. The van der Waals surface area contributed by atoms with Gasteiger partial charge < -0.3 is 9.47 Å². The zero-order valence-electron chi connectivity index (χ0n) is 10.3. The van der Waals surface area contributed by atoms with Crippen molar-refractivity contribution >= 4 is 5.97 Å². The van der Waals surface area contributed by atoms with Crippen molar-refractivity contribution < 1.29 is 14.3 Å². The molecule has 0 aliphatic rings. The highest BCUT2D eigenvalue weighted by Gasteiger charge is 2.02. The van der Waals surface area contributed by atoms with E-state index < -0.39 is 0 Å². The number of carbonyl (C=O) groups excluding carboxylic acids is 1. The number of carbonyl (C=O) groups is 1. The number of methoxy groups -OCH3 is 1. The molecule has 0 fully saturated rings. The standard InChI is InChI=1S/C14H13NO3/c1-3-18-14(16)6-4-5-11-7-8-13(17-2)12(9-11)10-15/h7-9H,3,6H2,1-2H3. The van der Waals surface area contributed by atoms with Gasteiger partial charge in [0.25, 0.3) is 0 Å². The van der Waals surface area contributed by atoms with E-state index in [1.807, 2.05) is 6.07 Å². The van der Waals surface area contributed by atoms with Crippen LogP contribution in [0.3, 0.4) is 0 Å². The molecule has 0 saturated heterocycles. The Labute approximate surface area is 106 Å². The zero-order valence-corrected chi connectivity index (χ0v) is 10.3. The van der Waals surface area contributed by atoms with Crippen LogP contribution in [-0.2, 0) is 9.53 Å². The minimum absolute atomic E-state index is 0.0434. The van der Waals surface area contributed by atoms with Gasteiger partial charge in [-0.05, 0) is 25.1 Å². The summed E-state index contributed by atoms with van der Waals surface area (Å²) in [5, 5.41) is 8.91. The molecule has 0 radical (unpaired) electrons. The summed E-state index contributed by atoms with van der Waals surface area (Å²) in [6.07, 6.45) is 0.0434. The average Bonchev–Trinajstić information content (AvgIpc) is 2.38. The predicted molar refractivity (Wildman–Crippen MR) is 65.8 cm³/mol. The molecule has 4 heteroatoms. The highest BCUT2D eigenvalue weighted by molar-refractivity contribution is 5.72. The summed E-state index contributed by atoms with van der Waals surface area (Å²) in [6, 6.07) is 7.05. The quantitative estimate of drug-likeness (QED) is 0.600. The Morgan fingerprint density at radius 1 is 1.44 bits per heavy atom. The summed E-state index contributed by atoms with van der Waals surface area (Å²) in [5.41, 5.74) is 1.08. The molecule has 1 aromatic rings. The molecule has 0 heterocycles. The van der Waals surface area contributed by atoms with Crippen molar-refractivity contribution in [1.82, 2.24) is 0 Å². The second kappa shape index (κ2) is 6.98. The Hall–Kier alpha value is -2.46. The van der Waals surface area contributed by atoms with Gasteiger partial charge in [0.2, 0.25) is 0 Å². The summed E-state index contributed by atoms with van der Waals surface area (Å²) >= 11 is 0. The maximum absolute atomic E-state index is 11.1. The smallest absolute Gasteiger partial charge is 0.317 e. The van der Waals surface area contributed by atoms with E-state index in [0.29, 0.717) is 23.5 Å². The Morgan fingerprint density at radius 2 is 2.22 bits per heavy atom. The lowest BCUT2D eigenvalue weighted by atomic mass is 10.1. The van der Waals surface area contributed by atoms with Crippen molar-refractivity contribution in [2.45, 2.75) is 13.3 Å². The highest BCUT2D eigenvalue weighted by atomic mass is 16.5. The van der Waals surface area contributed by atoms with Crippen LogP contribution in [0.4, 0.5) is 0 Å². The van der Waals surface area contributed by atoms with Gasteiger partial charge in [-0.3, -0.25) is 4.79 Å². The number of benzene rings is 1. The van der Waals surface area contributed by atoms with Crippen molar-refractivity contribution in [3.63, 3.8) is 0 Å². The molecule has 0 spiro atoms. The molecule has 0 unspecified atom stereocenters. The van der Waals surface area contributed by atoms with Gasteiger partial charge in [0, 0.05) is 5.56 Å². The van der Waals surface area contributed by atoms with E-state index in [9.17, 15) is 4.79 Å². The monoisotopic (exact) mass is 243 g/mol. The SMILES string of the molecule is CCOC(=O)CC#Cc1ccc(OC)c(C#N)c1. The predicted octanol–water partition coefficient (Wildman–Crippen LogP) is 1.87. The normalized spacial score (nSPS) is 8.72. The van der Waals surface area contributed by atoms with E-state index in [1.54, 1.807) is 25.1 Å². The van der Waals surface area contributed by atoms with Gasteiger partial charge in [-0.25, -0.2) is 0 Å². The molecule has 1 rings (SSSR count). The van der Waals surface area contributed by atoms with E-state index >= 15 is 0 Å². The number of ether oxygens (including phenoxy) is 2. The molecular weight excluding hydrogens is 230 g/mol. The van der Waals surface area contributed by atoms with Gasteiger partial charge in [0.1, 0.15) is 18.2 Å². The first-order valence-corrected chi connectivity index (χ1v) is 5.44. The lowest BCUT2D eigenvalue weighted by Gasteiger charge is -2.01. The number of hydrogen-bond donors (Lipinski definition) is 0. The topological polar surface area (TPSA) is 59.3 Å². The van der Waals surface area contributed by atoms with E-state index in [-0.39, 0.29) is 12.4 Å². The Kier molecular flexibility index (Phi) is 5.28. The molecule has 0 N–H and O–H groups in total. The summed E-state index contributed by atoms with van der Waals surface area (Å²) in [4.78, 5) is 11.1. The summed E-state index contributed by atoms with van der Waals surface area (Å²) in [5.74, 6) is 5.66. The molecule has 92 valence electrons. The summed E-state index contributed by atoms with van der Waals surface area (Å²) in [6.45, 7) is 2.09. The first-order chi connectivity index (χ1) is 8.71. The number of rotatable bonds is 3. The number of nitriles is 1. The number of esters is 1. The van der Waals surface area contributed by atoms with E-state index in [2.05, 4.69) is 11.8 Å². The van der Waals surface area contributed by atoms with Crippen LogP contribution in [-0.4, -0.2) is 19.7 Å². The molecule has 0 aliphatic carbocycles. The average molecular weight is 243 g/mol. The number of nitrogens with zero attached hydrogens (tertiary/aromatic N) is 1. The van der Waals surface area contributed by atoms with Crippen LogP contribution < -0.4 is 4.74 Å². The van der Waals surface area contributed by atoms with Crippen LogP contribution in [0.5, 0.6) is 5.75 Å². The zero-order chi connectivity index (χ0) is 13.4. The van der Waals surface area contributed by atoms with Crippen molar-refractivity contribution in [2.75, 3.05) is 13.7 Å². The van der Waals surface area contributed by atoms with Crippen LogP contribution >= 0.6 is 0 Å². The summed E-state index contributed by atoms with van der Waals surface area (Å²) < 4.78 is 9.77. The molecule has 0 bridgehead atoms. The summed E-state index contributed by atoms with van der Waals surface area (Å²) in [7, 11) is 1.50. The van der Waals surface area contributed by atoms with Crippen LogP contribution in [0.25, 0.3) is 0 Å². The number of hydrogen-bond acceptors (Lipinski definition) is 4. The van der Waals surface area contributed by atoms with Crippen molar-refractivity contribution in [3.8, 4) is 23.7 Å². The fourth-order valence-corrected chi connectivity index (χ4v) is 1.30. The molecule has 18 heavy (non-hydrogen) atoms. The van der Waals surface area contributed by atoms with Gasteiger partial charge in [0.05, 0.1) is 19.3 Å². The van der Waals surface area contributed by atoms with E-state index in [1.165, 1.54) is 7.11 Å². The molecule has 4 nitrogen and oxygen atoms in total. The third-order valence-corrected chi connectivity index (χ3v) is 2.09. The second-order valence-electron chi connectivity index (χ2n) is 3.31. The van der Waals surface area contributed by atoms with Crippen LogP contribution in [0.2, 0.25) is 0 Å². The molecule has 0 aliphatic heterocycles. The van der Waals surface area contributed by atoms with Gasteiger partial charge in [-0.15, -0.1) is 0 Å². The lowest BCUT2D eigenvalue weighted by Crippen LogP contribution is -2.01. The van der Waals surface area contributed by atoms with E-state index in [4.69, 9.17) is 14.7 Å². The van der Waals surface area contributed by atoms with Crippen LogP contribution in [0.1, 0.15) is 24.5 Å². The Balaban J connectivity index is 2.78. The largest absolute Gasteiger partial charge is 0.495 e. The lowest BCUT2D eigenvalue weighted by molar-refractivity contribution is -0.141. The molecule has 0 saturated carbocycles. The molecule has 0 atom stereocenters. The highest BCUT2D eigenvalue weighted by Crippen LogP contribution is 2.18. The van der Waals surface area contributed by atoms with Gasteiger partial charge >= 0.3 is 5.97 Å². The first-order valence-electron chi connectivity index (χ1n) is 5.44. The Morgan fingerprint density at radius 3 is 2.83 bits per heavy atom. The van der Waals surface area contributed by atoms with Crippen LogP contribution in [0.15, 0.2) is 18.2 Å². The fourth-order valence-electron chi connectivity index (χ4n) is 1.30. The third-order valence-electron chi connectivity index (χ3n) is 2.09. The van der Waals surface area contributed by atoms with Gasteiger partial charge in [0.15, 0.2) is 0 Å². The Bertz CT molecular complexity index is 532. The molecule has 0 aromatic heterocycles. The molecular formula is C14H13NO3. The van der Waals surface area contributed by atoms with Crippen LogP contribution in [0, 0.1) is 23.2 Å². The van der Waals surface area contributed by atoms with Gasteiger partial charge in [-0.1, -0.05) is 11.8 Å². The van der Waals surface area contributed by atoms with E-state index in [0.717, 1.165) is 0 Å². The minimum atomic E-state index is -0.348. The maximum Gasteiger partial charge on any atom is 0.317 e. The van der Waals surface area contributed by atoms with Crippen molar-refractivity contribution in [1.29, 1.82) is 5.26 Å². The second-order valence-corrected chi connectivity index (χ2v) is 3.31. The minimum Gasteiger partial charge on any atom is -0.495 e. The van der Waals surface area contributed by atoms with Crippen molar-refractivity contribution in [2.24, 2.45) is 0 Å². The molecule has 1 aromatic carbocycles. The van der Waals surface area contributed by atoms with Crippen molar-refractivity contribution in [3.05, 3.63) is 29.3 Å². The van der Waals surface area contributed by atoms with Gasteiger partial charge in [-0.2, -0.15) is 5.26 Å². The fraction of sp³-hybridized carbons (Fsp3) is 0.286. The first kappa shape index (κ1) is 13.6.